The third kappa shape index (κ3) is 2.22. The van der Waals surface area contributed by atoms with Crippen molar-refractivity contribution in [3.8, 4) is 6.07 Å². The molecule has 4 rings (SSSR count). The van der Waals surface area contributed by atoms with E-state index in [2.05, 4.69) is 0 Å². The van der Waals surface area contributed by atoms with E-state index in [-0.39, 0.29) is 5.69 Å². The number of methoxy groups -OCH3 is 1. The monoisotopic (exact) mass is 394 g/mol. The first kappa shape index (κ1) is 18.9. The normalized spacial score (nSPS) is 36.8. The summed E-state index contributed by atoms with van der Waals surface area (Å²) in [5, 5.41) is 8.95. The van der Waals surface area contributed by atoms with Crippen LogP contribution in [0.3, 0.4) is 0 Å². The summed E-state index contributed by atoms with van der Waals surface area (Å²) in [5.74, 6) is -2.83. The van der Waals surface area contributed by atoms with Crippen LogP contribution in [0.5, 0.6) is 0 Å². The van der Waals surface area contributed by atoms with Crippen LogP contribution in [-0.2, 0) is 25.2 Å². The Morgan fingerprint density at radius 3 is 2.46 bits per heavy atom. The van der Waals surface area contributed by atoms with Gasteiger partial charge >= 0.3 is 6.18 Å². The van der Waals surface area contributed by atoms with Crippen molar-refractivity contribution < 1.29 is 32.2 Å². The molecular formula is C19H17F3N2O4. The number of alkyl halides is 3. The van der Waals surface area contributed by atoms with Gasteiger partial charge in [0.05, 0.1) is 46.4 Å². The fraction of sp³-hybridized carbons (Fsp3) is 0.526. The molecule has 2 amide bonds. The van der Waals surface area contributed by atoms with Crippen molar-refractivity contribution in [1.82, 2.24) is 0 Å². The number of benzene rings is 1. The average molecular weight is 394 g/mol. The van der Waals surface area contributed by atoms with E-state index in [1.807, 2.05) is 0 Å². The van der Waals surface area contributed by atoms with Gasteiger partial charge in [0.15, 0.2) is 0 Å². The highest BCUT2D eigenvalue weighted by atomic mass is 19.4. The number of carbonyl (C=O) groups excluding carboxylic acids is 2. The number of nitrogens with zero attached hydrogens (tertiary/aromatic N) is 2. The van der Waals surface area contributed by atoms with Gasteiger partial charge in [-0.05, 0) is 32.0 Å². The molecule has 3 fully saturated rings. The van der Waals surface area contributed by atoms with Crippen molar-refractivity contribution in [2.45, 2.75) is 43.8 Å². The molecule has 5 atom stereocenters. The maximum absolute atomic E-state index is 13.3. The Morgan fingerprint density at radius 1 is 1.25 bits per heavy atom. The lowest BCUT2D eigenvalue weighted by molar-refractivity contribution is -0.138. The lowest BCUT2D eigenvalue weighted by Gasteiger charge is -2.34. The Bertz CT molecular complexity index is 940. The van der Waals surface area contributed by atoms with Gasteiger partial charge < -0.3 is 9.47 Å². The number of halogens is 3. The number of carbonyl (C=O) groups is 2. The molecule has 0 aliphatic carbocycles. The van der Waals surface area contributed by atoms with Crippen LogP contribution in [0.4, 0.5) is 18.9 Å². The molecule has 3 heterocycles. The van der Waals surface area contributed by atoms with E-state index >= 15 is 0 Å². The second-order valence-corrected chi connectivity index (χ2v) is 7.83. The van der Waals surface area contributed by atoms with E-state index in [0.717, 1.165) is 11.0 Å². The predicted octanol–water partition coefficient (Wildman–Crippen LogP) is 2.65. The summed E-state index contributed by atoms with van der Waals surface area (Å²) in [4.78, 5) is 27.0. The summed E-state index contributed by atoms with van der Waals surface area (Å²) in [7, 11) is 1.49. The highest BCUT2D eigenvalue weighted by molar-refractivity contribution is 6.23. The summed E-state index contributed by atoms with van der Waals surface area (Å²) >= 11 is 0. The first-order valence-electron chi connectivity index (χ1n) is 8.70. The molecule has 2 unspecified atom stereocenters. The highest BCUT2D eigenvalue weighted by Crippen LogP contribution is 2.61. The maximum Gasteiger partial charge on any atom is 0.417 e. The van der Waals surface area contributed by atoms with Gasteiger partial charge in [-0.2, -0.15) is 18.4 Å². The highest BCUT2D eigenvalue weighted by Gasteiger charge is 2.76. The molecule has 3 saturated heterocycles. The van der Waals surface area contributed by atoms with Gasteiger partial charge in [0.25, 0.3) is 0 Å². The molecule has 0 N–H and O–H groups in total. The molecule has 2 bridgehead atoms. The summed E-state index contributed by atoms with van der Waals surface area (Å²) in [6.07, 6.45) is -4.78. The van der Waals surface area contributed by atoms with Gasteiger partial charge in [0.2, 0.25) is 11.8 Å². The smallest absolute Gasteiger partial charge is 0.378 e. The first-order valence-corrected chi connectivity index (χ1v) is 8.70. The van der Waals surface area contributed by atoms with Crippen LogP contribution in [0.2, 0.25) is 0 Å². The third-order valence-corrected chi connectivity index (χ3v) is 6.24. The third-order valence-electron chi connectivity index (χ3n) is 6.24. The number of anilines is 1. The van der Waals surface area contributed by atoms with Crippen LogP contribution >= 0.6 is 0 Å². The van der Waals surface area contributed by atoms with Crippen LogP contribution in [0, 0.1) is 23.2 Å². The van der Waals surface area contributed by atoms with E-state index < -0.39 is 58.3 Å². The zero-order chi connectivity index (χ0) is 20.6. The number of ether oxygens (including phenoxy) is 2. The first-order chi connectivity index (χ1) is 13.0. The zero-order valence-corrected chi connectivity index (χ0v) is 15.3. The fourth-order valence-corrected chi connectivity index (χ4v) is 5.07. The molecule has 6 nitrogen and oxygen atoms in total. The summed E-state index contributed by atoms with van der Waals surface area (Å²) in [6, 6.07) is 4.32. The molecule has 148 valence electrons. The standard InChI is InChI=1S/C19H17F3N2O4/c1-17-7-12(27-3)18(2,28-17)14-13(17)15(25)24(16(14)26)10-5-4-9(8-23)11(6-10)19(20,21)22/h4-6,12-14H,7H2,1-3H3/t12?,13-,14+,17?,18+/m0/s1. The minimum atomic E-state index is -4.79. The van der Waals surface area contributed by atoms with Crippen LogP contribution < -0.4 is 4.90 Å². The van der Waals surface area contributed by atoms with Gasteiger partial charge in [-0.3, -0.25) is 9.59 Å². The van der Waals surface area contributed by atoms with E-state index in [9.17, 15) is 22.8 Å². The average Bonchev–Trinajstić information content (AvgIpc) is 3.14. The van der Waals surface area contributed by atoms with Crippen molar-refractivity contribution in [2.24, 2.45) is 11.8 Å². The number of imide groups is 1. The van der Waals surface area contributed by atoms with Crippen molar-refractivity contribution in [3.05, 3.63) is 29.3 Å². The summed E-state index contributed by atoms with van der Waals surface area (Å²) < 4.78 is 51.4. The Hall–Kier alpha value is -2.44. The minimum absolute atomic E-state index is 0.198. The minimum Gasteiger partial charge on any atom is -0.378 e. The Balaban J connectivity index is 1.80. The van der Waals surface area contributed by atoms with Gasteiger partial charge in [-0.25, -0.2) is 4.90 Å². The molecule has 28 heavy (non-hydrogen) atoms. The number of fused-ring (bicyclic) bond motifs is 5. The molecule has 9 heteroatoms. The lowest BCUT2D eigenvalue weighted by Crippen LogP contribution is -2.49. The second kappa shape index (κ2) is 5.55. The number of hydrogen-bond donors (Lipinski definition) is 0. The Labute approximate surface area is 158 Å². The number of amides is 2. The topological polar surface area (TPSA) is 79.6 Å². The van der Waals surface area contributed by atoms with Crippen molar-refractivity contribution in [1.29, 1.82) is 5.26 Å². The van der Waals surface area contributed by atoms with Crippen molar-refractivity contribution in [2.75, 3.05) is 12.0 Å². The van der Waals surface area contributed by atoms with E-state index in [1.54, 1.807) is 13.8 Å². The molecule has 3 aliphatic heterocycles. The SMILES string of the molecule is COC1CC2(C)O[C@@]1(C)[C@H]1C(=O)N(c3ccc(C#N)c(C(F)(F)F)c3)C(=O)[C@H]12. The van der Waals surface area contributed by atoms with Crippen LogP contribution in [-0.4, -0.2) is 36.2 Å². The number of nitriles is 1. The lowest BCUT2D eigenvalue weighted by atomic mass is 9.67. The Morgan fingerprint density at radius 2 is 1.89 bits per heavy atom. The van der Waals surface area contributed by atoms with E-state index in [0.29, 0.717) is 12.5 Å². The fourth-order valence-electron chi connectivity index (χ4n) is 5.07. The van der Waals surface area contributed by atoms with Crippen molar-refractivity contribution >= 4 is 17.5 Å². The number of hydrogen-bond acceptors (Lipinski definition) is 5. The van der Waals surface area contributed by atoms with E-state index in [4.69, 9.17) is 14.7 Å². The maximum atomic E-state index is 13.3. The number of rotatable bonds is 2. The molecule has 0 radical (unpaired) electrons. The quantitative estimate of drug-likeness (QED) is 0.721. The van der Waals surface area contributed by atoms with E-state index in [1.165, 1.54) is 19.2 Å². The molecule has 1 aromatic carbocycles. The molecule has 0 spiro atoms. The summed E-state index contributed by atoms with van der Waals surface area (Å²) in [5.41, 5.74) is -3.92. The molecule has 0 aromatic heterocycles. The molecule has 0 saturated carbocycles. The largest absolute Gasteiger partial charge is 0.417 e. The second-order valence-electron chi connectivity index (χ2n) is 7.83. The predicted molar refractivity (Wildman–Crippen MR) is 88.9 cm³/mol. The van der Waals surface area contributed by atoms with Crippen LogP contribution in [0.25, 0.3) is 0 Å². The summed E-state index contributed by atoms with van der Waals surface area (Å²) in [6.45, 7) is 3.43. The molecular weight excluding hydrogens is 377 g/mol. The van der Waals surface area contributed by atoms with Crippen molar-refractivity contribution in [3.63, 3.8) is 0 Å². The molecule has 3 aliphatic rings. The molecule has 1 aromatic rings. The Kier molecular flexibility index (Phi) is 3.75. The van der Waals surface area contributed by atoms with Gasteiger partial charge in [0, 0.05) is 13.5 Å². The van der Waals surface area contributed by atoms with Gasteiger partial charge in [-0.1, -0.05) is 0 Å². The van der Waals surface area contributed by atoms with Gasteiger partial charge in [0.1, 0.15) is 5.60 Å². The van der Waals surface area contributed by atoms with Gasteiger partial charge in [-0.15, -0.1) is 0 Å². The van der Waals surface area contributed by atoms with Crippen LogP contribution in [0.15, 0.2) is 18.2 Å². The zero-order valence-electron chi connectivity index (χ0n) is 15.3. The van der Waals surface area contributed by atoms with Crippen LogP contribution in [0.1, 0.15) is 31.4 Å².